The van der Waals surface area contributed by atoms with Crippen molar-refractivity contribution in [1.82, 2.24) is 0 Å². The van der Waals surface area contributed by atoms with Crippen LogP contribution in [0.15, 0.2) is 48.5 Å². The van der Waals surface area contributed by atoms with Gasteiger partial charge in [-0.25, -0.2) is 0 Å². The van der Waals surface area contributed by atoms with Crippen molar-refractivity contribution in [3.63, 3.8) is 0 Å². The van der Waals surface area contributed by atoms with Gasteiger partial charge in [-0.05, 0) is 86.8 Å². The summed E-state index contributed by atoms with van der Waals surface area (Å²) in [4.78, 5) is 0. The molecule has 0 aromatic heterocycles. The topological polar surface area (TPSA) is 42.5 Å². The molecule has 2 rings (SSSR count). The molecule has 0 atom stereocenters. The van der Waals surface area contributed by atoms with Crippen LogP contribution in [0.25, 0.3) is 0 Å². The zero-order valence-electron chi connectivity index (χ0n) is 15.6. The molecule has 144 valence electrons. The van der Waals surface area contributed by atoms with E-state index in [1.807, 2.05) is 62.4 Å². The van der Waals surface area contributed by atoms with Crippen LogP contribution in [0, 0.1) is 0 Å². The van der Waals surface area contributed by atoms with Crippen molar-refractivity contribution in [2.45, 2.75) is 27.2 Å². The van der Waals surface area contributed by atoms with Crippen molar-refractivity contribution in [2.75, 3.05) is 29.6 Å². The predicted octanol–water partition coefficient (Wildman–Crippen LogP) is 4.97. The normalized spacial score (nSPS) is 9.19. The summed E-state index contributed by atoms with van der Waals surface area (Å²) in [6.07, 6.45) is 1.18. The van der Waals surface area contributed by atoms with Crippen molar-refractivity contribution in [1.29, 1.82) is 0 Å². The number of thiol groups is 1. The number of anilines is 2. The molecule has 0 aliphatic heterocycles. The van der Waals surface area contributed by atoms with E-state index in [-0.39, 0.29) is 29.6 Å². The summed E-state index contributed by atoms with van der Waals surface area (Å²) in [5, 5.41) is 6.80. The van der Waals surface area contributed by atoms with E-state index < -0.39 is 0 Å². The van der Waals surface area contributed by atoms with Gasteiger partial charge in [0.1, 0.15) is 11.5 Å². The Bertz CT molecular complexity index is 582. The van der Waals surface area contributed by atoms with E-state index in [0.29, 0.717) is 18.3 Å². The third kappa shape index (κ3) is 11.5. The number of hydrogen-bond donors (Lipinski definition) is 3. The Hall–Kier alpha value is -0.920. The van der Waals surface area contributed by atoms with Crippen LogP contribution in [-0.2, 0) is 0 Å². The van der Waals surface area contributed by atoms with E-state index in [2.05, 4.69) is 30.2 Å². The van der Waals surface area contributed by atoms with Gasteiger partial charge in [0.25, 0.3) is 0 Å². The molecule has 0 bridgehead atoms. The van der Waals surface area contributed by atoms with Crippen LogP contribution in [0.2, 0.25) is 0 Å². The quantitative estimate of drug-likeness (QED) is 0.338. The van der Waals surface area contributed by atoms with Crippen molar-refractivity contribution < 1.29 is 9.47 Å². The second-order valence-electron chi connectivity index (χ2n) is 5.22. The first-order valence-electron chi connectivity index (χ1n) is 8.77. The molecule has 7 heteroatoms. The first-order valence-corrected chi connectivity index (χ1v) is 9.81. The van der Waals surface area contributed by atoms with Crippen molar-refractivity contribution >= 4 is 70.9 Å². The summed E-state index contributed by atoms with van der Waals surface area (Å²) >= 11 is 9.22. The number of benzene rings is 2. The van der Waals surface area contributed by atoms with Crippen LogP contribution in [0.4, 0.5) is 11.4 Å². The molecule has 0 saturated heterocycles. The number of rotatable bonds is 7. The molecule has 2 aromatic rings. The predicted molar refractivity (Wildman–Crippen MR) is 126 cm³/mol. The van der Waals surface area contributed by atoms with Crippen LogP contribution in [0.5, 0.6) is 11.5 Å². The third-order valence-electron chi connectivity index (χ3n) is 3.07. The summed E-state index contributed by atoms with van der Waals surface area (Å²) < 4.78 is 10.8. The van der Waals surface area contributed by atoms with Gasteiger partial charge in [0.2, 0.25) is 0 Å². The van der Waals surface area contributed by atoms with Crippen molar-refractivity contribution in [3.8, 4) is 11.5 Å². The molecule has 0 amide bonds. The van der Waals surface area contributed by atoms with E-state index in [1.165, 1.54) is 6.42 Å². The van der Waals surface area contributed by atoms with Gasteiger partial charge in [-0.15, -0.1) is 0 Å². The Morgan fingerprint density at radius 2 is 1.15 bits per heavy atom. The van der Waals surface area contributed by atoms with Crippen LogP contribution < -0.4 is 20.1 Å². The van der Waals surface area contributed by atoms with Crippen molar-refractivity contribution in [2.24, 2.45) is 0 Å². The number of nitrogens with one attached hydrogen (secondary N) is 2. The van der Waals surface area contributed by atoms with E-state index in [1.54, 1.807) is 0 Å². The minimum absolute atomic E-state index is 0. The molecular weight excluding hydrogens is 387 g/mol. The Kier molecular flexibility index (Phi) is 15.5. The van der Waals surface area contributed by atoms with Gasteiger partial charge < -0.3 is 20.1 Å². The van der Waals surface area contributed by atoms with E-state index in [4.69, 9.17) is 21.7 Å². The van der Waals surface area contributed by atoms with Gasteiger partial charge >= 0.3 is 29.6 Å². The van der Waals surface area contributed by atoms with Crippen LogP contribution >= 0.6 is 24.8 Å². The first kappa shape index (κ1) is 26.1. The average molecular weight is 417 g/mol. The fourth-order valence-electron chi connectivity index (χ4n) is 1.90. The Labute approximate surface area is 196 Å². The number of ether oxygens (including phenoxy) is 2. The van der Waals surface area contributed by atoms with Gasteiger partial charge in [-0.1, -0.05) is 6.92 Å². The third-order valence-corrected chi connectivity index (χ3v) is 3.72. The molecule has 0 saturated carbocycles. The number of hydrogen-bond acceptors (Lipinski definition) is 4. The monoisotopic (exact) mass is 416 g/mol. The standard InChI is InChI=1S/C17H20N2O2S.C3H8S.Na.H/c1-3-20-15-9-5-13(6-10-15)18-17(22)19-14-7-11-16(12-8-14)21-4-2;1-2-3-4;;/h5-12H,3-4H2,1-2H3,(H2,18,19,22);4H,2-3H2,1H3;;. The zero-order chi connectivity index (χ0) is 19.2. The molecule has 0 spiro atoms. The first-order chi connectivity index (χ1) is 12.6. The van der Waals surface area contributed by atoms with E-state index in [9.17, 15) is 0 Å². The van der Waals surface area contributed by atoms with Crippen molar-refractivity contribution in [3.05, 3.63) is 48.5 Å². The maximum absolute atomic E-state index is 5.40. The minimum atomic E-state index is 0. The van der Waals surface area contributed by atoms with Gasteiger partial charge in [-0.3, -0.25) is 0 Å². The molecule has 0 radical (unpaired) electrons. The molecule has 2 N–H and O–H groups in total. The Morgan fingerprint density at radius 1 is 0.815 bits per heavy atom. The molecule has 2 aromatic carbocycles. The summed E-state index contributed by atoms with van der Waals surface area (Å²) in [5.74, 6) is 2.71. The van der Waals surface area contributed by atoms with Gasteiger partial charge in [-0.2, -0.15) is 12.6 Å². The fraction of sp³-hybridized carbons (Fsp3) is 0.350. The summed E-state index contributed by atoms with van der Waals surface area (Å²) in [7, 11) is 0. The summed E-state index contributed by atoms with van der Waals surface area (Å²) in [6.45, 7) is 7.34. The van der Waals surface area contributed by atoms with Gasteiger partial charge in [0.15, 0.2) is 5.11 Å². The summed E-state index contributed by atoms with van der Waals surface area (Å²) in [5.41, 5.74) is 1.82. The van der Waals surface area contributed by atoms with Crippen LogP contribution in [-0.4, -0.2) is 53.6 Å². The molecule has 0 aliphatic carbocycles. The van der Waals surface area contributed by atoms with Crippen LogP contribution in [0.3, 0.4) is 0 Å². The molecule has 0 aliphatic rings. The van der Waals surface area contributed by atoms with E-state index >= 15 is 0 Å². The Morgan fingerprint density at radius 3 is 1.41 bits per heavy atom. The van der Waals surface area contributed by atoms with Gasteiger partial charge in [0, 0.05) is 11.4 Å². The SMILES string of the molecule is CCCS.CCOc1ccc(NC(=S)Nc2ccc(OCC)cc2)cc1.[NaH]. The zero-order valence-corrected chi connectivity index (χ0v) is 17.3. The molecule has 0 heterocycles. The van der Waals surface area contributed by atoms with E-state index in [0.717, 1.165) is 28.6 Å². The maximum atomic E-state index is 5.40. The van der Waals surface area contributed by atoms with Gasteiger partial charge in [0.05, 0.1) is 13.2 Å². The average Bonchev–Trinajstić information content (AvgIpc) is 2.65. The molecular formula is C20H29N2NaO2S2. The Balaban J connectivity index is 0.00000123. The number of thiocarbonyl (C=S) groups is 1. The summed E-state index contributed by atoms with van der Waals surface area (Å²) in [6, 6.07) is 15.3. The molecule has 4 nitrogen and oxygen atoms in total. The second-order valence-corrected chi connectivity index (χ2v) is 6.07. The molecule has 0 unspecified atom stereocenters. The second kappa shape index (κ2) is 16.1. The fourth-order valence-corrected chi connectivity index (χ4v) is 2.13. The van der Waals surface area contributed by atoms with Crippen LogP contribution in [0.1, 0.15) is 27.2 Å². The molecule has 27 heavy (non-hydrogen) atoms. The molecule has 0 fully saturated rings.